The molecule has 0 amide bonds. The van der Waals surface area contributed by atoms with Gasteiger partial charge in [-0.15, -0.1) is 0 Å². The van der Waals surface area contributed by atoms with Crippen LogP contribution in [0.2, 0.25) is 0 Å². The molecule has 4 heteroatoms. The zero-order valence-electron chi connectivity index (χ0n) is 10.3. The smallest absolute Gasteiger partial charge is 0.0995 e. The van der Waals surface area contributed by atoms with E-state index >= 15 is 0 Å². The van der Waals surface area contributed by atoms with Crippen LogP contribution < -0.4 is 5.32 Å². The Morgan fingerprint density at radius 2 is 2.28 bits per heavy atom. The molecule has 94 valence electrons. The summed E-state index contributed by atoms with van der Waals surface area (Å²) < 4.78 is 5.94. The van der Waals surface area contributed by atoms with E-state index < -0.39 is 0 Å². The van der Waals surface area contributed by atoms with Crippen LogP contribution >= 0.6 is 0 Å². The number of hydrogen-bond donors (Lipinski definition) is 1. The van der Waals surface area contributed by atoms with Gasteiger partial charge in [-0.1, -0.05) is 18.2 Å². The Kier molecular flexibility index (Phi) is 3.28. The van der Waals surface area contributed by atoms with Gasteiger partial charge in [-0.05, 0) is 11.6 Å². The molecule has 1 N–H and O–H groups in total. The van der Waals surface area contributed by atoms with Crippen molar-refractivity contribution in [1.82, 2.24) is 10.2 Å². The Balaban J connectivity index is 1.79. The van der Waals surface area contributed by atoms with Crippen LogP contribution in [0.15, 0.2) is 24.3 Å². The van der Waals surface area contributed by atoms with Gasteiger partial charge in [0.25, 0.3) is 0 Å². The van der Waals surface area contributed by atoms with E-state index in [0.29, 0.717) is 6.04 Å². The molecule has 2 heterocycles. The quantitative estimate of drug-likeness (QED) is 0.796. The van der Waals surface area contributed by atoms with Gasteiger partial charge >= 0.3 is 0 Å². The highest BCUT2D eigenvalue weighted by molar-refractivity contribution is 5.39. The molecule has 3 rings (SSSR count). The maximum atomic E-state index is 9.15. The van der Waals surface area contributed by atoms with Crippen LogP contribution in [0.4, 0.5) is 0 Å². The van der Waals surface area contributed by atoms with E-state index in [2.05, 4.69) is 16.3 Å². The van der Waals surface area contributed by atoms with Crippen molar-refractivity contribution < 1.29 is 4.74 Å². The highest BCUT2D eigenvalue weighted by atomic mass is 16.5. The maximum Gasteiger partial charge on any atom is 0.0995 e. The van der Waals surface area contributed by atoms with Gasteiger partial charge in [-0.2, -0.15) is 5.26 Å². The Morgan fingerprint density at radius 3 is 3.17 bits per heavy atom. The Hall–Kier alpha value is -1.41. The lowest BCUT2D eigenvalue weighted by Gasteiger charge is -2.42. The third kappa shape index (κ3) is 2.13. The van der Waals surface area contributed by atoms with E-state index in [1.54, 1.807) is 0 Å². The predicted molar refractivity (Wildman–Crippen MR) is 68.1 cm³/mol. The molecule has 1 unspecified atom stereocenters. The average Bonchev–Trinajstić information content (AvgIpc) is 2.46. The molecule has 4 nitrogen and oxygen atoms in total. The standard InChI is InChI=1S/C14H17N3O/c15-7-11-3-1-2-4-13(11)14-9-17-6-5-16-8-12(17)10-18-14/h1-4,12,14,16H,5-6,8-10H2/t12-,14?/m0/s1. The van der Waals surface area contributed by atoms with E-state index in [1.165, 1.54) is 0 Å². The van der Waals surface area contributed by atoms with Crippen molar-refractivity contribution in [3.8, 4) is 6.07 Å². The molecule has 0 spiro atoms. The maximum absolute atomic E-state index is 9.15. The minimum atomic E-state index is 0.0372. The molecule has 2 aliphatic rings. The molecule has 0 aliphatic carbocycles. The second kappa shape index (κ2) is 5.07. The molecule has 0 aromatic heterocycles. The molecular weight excluding hydrogens is 226 g/mol. The van der Waals surface area contributed by atoms with Crippen LogP contribution in [-0.2, 0) is 4.74 Å². The van der Waals surface area contributed by atoms with Crippen molar-refractivity contribution in [3.63, 3.8) is 0 Å². The second-order valence-corrected chi connectivity index (χ2v) is 4.87. The fraction of sp³-hybridized carbons (Fsp3) is 0.500. The number of nitrogens with one attached hydrogen (secondary N) is 1. The van der Waals surface area contributed by atoms with E-state index in [4.69, 9.17) is 10.00 Å². The van der Waals surface area contributed by atoms with Crippen molar-refractivity contribution in [2.45, 2.75) is 12.1 Å². The Bertz CT molecular complexity index is 468. The summed E-state index contributed by atoms with van der Waals surface area (Å²) in [6.07, 6.45) is 0.0372. The summed E-state index contributed by atoms with van der Waals surface area (Å²) in [5, 5.41) is 12.5. The van der Waals surface area contributed by atoms with E-state index in [1.807, 2.05) is 24.3 Å². The largest absolute Gasteiger partial charge is 0.370 e. The predicted octanol–water partition coefficient (Wildman–Crippen LogP) is 0.903. The van der Waals surface area contributed by atoms with Gasteiger partial charge in [0.05, 0.1) is 24.3 Å². The molecule has 0 radical (unpaired) electrons. The van der Waals surface area contributed by atoms with E-state index in [0.717, 1.165) is 43.9 Å². The fourth-order valence-electron chi connectivity index (χ4n) is 2.77. The summed E-state index contributed by atoms with van der Waals surface area (Å²) in [7, 11) is 0. The molecular formula is C14H17N3O. The number of rotatable bonds is 1. The summed E-state index contributed by atoms with van der Waals surface area (Å²) in [6.45, 7) is 4.76. The van der Waals surface area contributed by atoms with E-state index in [-0.39, 0.29) is 6.10 Å². The van der Waals surface area contributed by atoms with Crippen molar-refractivity contribution in [2.24, 2.45) is 0 Å². The van der Waals surface area contributed by atoms with E-state index in [9.17, 15) is 0 Å². The van der Waals surface area contributed by atoms with Gasteiger partial charge in [0, 0.05) is 32.2 Å². The molecule has 18 heavy (non-hydrogen) atoms. The van der Waals surface area contributed by atoms with Crippen molar-refractivity contribution >= 4 is 0 Å². The van der Waals surface area contributed by atoms with Crippen molar-refractivity contribution in [1.29, 1.82) is 5.26 Å². The van der Waals surface area contributed by atoms with Crippen molar-refractivity contribution in [2.75, 3.05) is 32.8 Å². The number of piperazine rings is 1. The SMILES string of the molecule is N#Cc1ccccc1C1CN2CCNC[C@H]2CO1. The summed E-state index contributed by atoms with van der Waals surface area (Å²) in [4.78, 5) is 2.47. The second-order valence-electron chi connectivity index (χ2n) is 4.87. The molecule has 0 saturated carbocycles. The number of nitriles is 1. The number of morpholine rings is 1. The first-order chi connectivity index (χ1) is 8.88. The van der Waals surface area contributed by atoms with Gasteiger partial charge in [0.15, 0.2) is 0 Å². The monoisotopic (exact) mass is 243 g/mol. The number of fused-ring (bicyclic) bond motifs is 1. The lowest BCUT2D eigenvalue weighted by atomic mass is 10.00. The zero-order chi connectivity index (χ0) is 12.4. The molecule has 1 aromatic carbocycles. The summed E-state index contributed by atoms with van der Waals surface area (Å²) in [6, 6.07) is 10.5. The Labute approximate surface area is 107 Å². The van der Waals surface area contributed by atoms with Gasteiger partial charge in [0.2, 0.25) is 0 Å². The molecule has 0 bridgehead atoms. The average molecular weight is 243 g/mol. The highest BCUT2D eigenvalue weighted by Crippen LogP contribution is 2.27. The lowest BCUT2D eigenvalue weighted by molar-refractivity contribution is -0.0718. The first kappa shape index (κ1) is 11.7. The third-order valence-electron chi connectivity index (χ3n) is 3.79. The van der Waals surface area contributed by atoms with Gasteiger partial charge < -0.3 is 10.1 Å². The summed E-state index contributed by atoms with van der Waals surface area (Å²) in [5.41, 5.74) is 1.76. The lowest BCUT2D eigenvalue weighted by Crippen LogP contribution is -2.57. The molecule has 2 fully saturated rings. The number of ether oxygens (including phenoxy) is 1. The van der Waals surface area contributed by atoms with Gasteiger partial charge in [-0.25, -0.2) is 0 Å². The number of nitrogens with zero attached hydrogens (tertiary/aromatic N) is 2. The molecule has 2 aliphatic heterocycles. The minimum Gasteiger partial charge on any atom is -0.370 e. The number of benzene rings is 1. The molecule has 2 saturated heterocycles. The van der Waals surface area contributed by atoms with Crippen LogP contribution in [0, 0.1) is 11.3 Å². The topological polar surface area (TPSA) is 48.3 Å². The van der Waals surface area contributed by atoms with Crippen molar-refractivity contribution in [3.05, 3.63) is 35.4 Å². The fourth-order valence-corrected chi connectivity index (χ4v) is 2.77. The first-order valence-electron chi connectivity index (χ1n) is 6.44. The third-order valence-corrected chi connectivity index (χ3v) is 3.79. The van der Waals surface area contributed by atoms with Crippen LogP contribution in [0.1, 0.15) is 17.2 Å². The minimum absolute atomic E-state index is 0.0372. The number of hydrogen-bond acceptors (Lipinski definition) is 4. The van der Waals surface area contributed by atoms with Crippen LogP contribution in [0.5, 0.6) is 0 Å². The normalized spacial score (nSPS) is 28.4. The van der Waals surface area contributed by atoms with Gasteiger partial charge in [-0.3, -0.25) is 4.90 Å². The zero-order valence-corrected chi connectivity index (χ0v) is 10.3. The summed E-state index contributed by atoms with van der Waals surface area (Å²) in [5.74, 6) is 0. The van der Waals surface area contributed by atoms with Gasteiger partial charge in [0.1, 0.15) is 0 Å². The van der Waals surface area contributed by atoms with Crippen LogP contribution in [0.25, 0.3) is 0 Å². The van der Waals surface area contributed by atoms with Crippen LogP contribution in [0.3, 0.4) is 0 Å². The molecule has 2 atom stereocenters. The Morgan fingerprint density at radius 1 is 1.39 bits per heavy atom. The van der Waals surface area contributed by atoms with Crippen LogP contribution in [-0.4, -0.2) is 43.7 Å². The first-order valence-corrected chi connectivity index (χ1v) is 6.44. The highest BCUT2D eigenvalue weighted by Gasteiger charge is 2.32. The summed E-state index contributed by atoms with van der Waals surface area (Å²) >= 11 is 0. The molecule has 1 aromatic rings.